The van der Waals surface area contributed by atoms with Crippen LogP contribution < -0.4 is 4.90 Å². The zero-order chi connectivity index (χ0) is 12.6. The smallest absolute Gasteiger partial charge is 0.155 e. The molecule has 5 heteroatoms. The van der Waals surface area contributed by atoms with E-state index in [1.54, 1.807) is 0 Å². The fraction of sp³-hybridized carbons (Fsp3) is 0.667. The first-order valence-corrected chi connectivity index (χ1v) is 6.31. The Hall–Kier alpha value is -0.870. The van der Waals surface area contributed by atoms with Crippen molar-refractivity contribution in [3.63, 3.8) is 0 Å². The molecule has 2 heterocycles. The Bertz CT molecular complexity index is 424. The molecule has 0 radical (unpaired) electrons. The summed E-state index contributed by atoms with van der Waals surface area (Å²) in [7, 11) is 0. The molecule has 1 aliphatic rings. The summed E-state index contributed by atoms with van der Waals surface area (Å²) in [6.07, 6.45) is 0.685. The van der Waals surface area contributed by atoms with Gasteiger partial charge in [-0.2, -0.15) is 0 Å². The third kappa shape index (κ3) is 2.38. The van der Waals surface area contributed by atoms with Crippen LogP contribution >= 0.6 is 11.6 Å². The van der Waals surface area contributed by atoms with Crippen molar-refractivity contribution in [2.75, 3.05) is 18.0 Å². The summed E-state index contributed by atoms with van der Waals surface area (Å²) >= 11 is 5.94. The van der Waals surface area contributed by atoms with Crippen molar-refractivity contribution in [1.29, 1.82) is 0 Å². The van der Waals surface area contributed by atoms with Crippen LogP contribution in [0.5, 0.6) is 0 Å². The molecular weight excluding hydrogens is 238 g/mol. The number of aromatic nitrogens is 2. The fourth-order valence-corrected chi connectivity index (χ4v) is 2.28. The lowest BCUT2D eigenvalue weighted by Crippen LogP contribution is -2.43. The van der Waals surface area contributed by atoms with Crippen LogP contribution in [-0.2, 0) is 0 Å². The van der Waals surface area contributed by atoms with Crippen molar-refractivity contribution in [3.8, 4) is 0 Å². The molecule has 1 aliphatic heterocycles. The highest BCUT2D eigenvalue weighted by Gasteiger charge is 2.26. The van der Waals surface area contributed by atoms with Gasteiger partial charge in [-0.25, -0.2) is 0 Å². The van der Waals surface area contributed by atoms with Gasteiger partial charge in [-0.1, -0.05) is 18.5 Å². The van der Waals surface area contributed by atoms with E-state index in [0.29, 0.717) is 17.6 Å². The third-order valence-electron chi connectivity index (χ3n) is 3.66. The molecule has 1 saturated heterocycles. The van der Waals surface area contributed by atoms with Crippen molar-refractivity contribution in [1.82, 2.24) is 10.2 Å². The molecule has 94 valence electrons. The van der Waals surface area contributed by atoms with Gasteiger partial charge in [-0.3, -0.25) is 0 Å². The number of aliphatic hydroxyl groups excluding tert-OH is 1. The van der Waals surface area contributed by atoms with Gasteiger partial charge < -0.3 is 10.0 Å². The number of anilines is 1. The Morgan fingerprint density at radius 1 is 1.29 bits per heavy atom. The van der Waals surface area contributed by atoms with E-state index in [-0.39, 0.29) is 6.10 Å². The maximum atomic E-state index is 9.91. The van der Waals surface area contributed by atoms with Gasteiger partial charge in [0.05, 0.1) is 6.10 Å². The molecule has 0 saturated carbocycles. The van der Waals surface area contributed by atoms with Gasteiger partial charge in [-0.05, 0) is 37.3 Å². The standard InChI is InChI=1S/C12H18ClN3O/c1-7-4-5-16(6-10(7)17)12-9(3)8(2)11(13)14-15-12/h7,10,17H,4-6H2,1-3H3. The topological polar surface area (TPSA) is 49.2 Å². The molecule has 2 atom stereocenters. The monoisotopic (exact) mass is 255 g/mol. The van der Waals surface area contributed by atoms with Crippen molar-refractivity contribution >= 4 is 17.4 Å². The van der Waals surface area contributed by atoms with E-state index in [2.05, 4.69) is 22.0 Å². The van der Waals surface area contributed by atoms with E-state index < -0.39 is 0 Å². The SMILES string of the molecule is Cc1c(Cl)nnc(N2CCC(C)C(O)C2)c1C. The average molecular weight is 256 g/mol. The minimum atomic E-state index is -0.291. The van der Waals surface area contributed by atoms with Crippen LogP contribution in [0.3, 0.4) is 0 Å². The third-order valence-corrected chi connectivity index (χ3v) is 4.02. The zero-order valence-corrected chi connectivity index (χ0v) is 11.2. The Morgan fingerprint density at radius 2 is 2.00 bits per heavy atom. The minimum absolute atomic E-state index is 0.291. The zero-order valence-electron chi connectivity index (χ0n) is 10.4. The molecule has 2 rings (SSSR count). The van der Waals surface area contributed by atoms with Gasteiger partial charge >= 0.3 is 0 Å². The van der Waals surface area contributed by atoms with Crippen LogP contribution in [0.1, 0.15) is 24.5 Å². The number of hydrogen-bond donors (Lipinski definition) is 1. The Labute approximate surface area is 107 Å². The molecule has 1 N–H and O–H groups in total. The molecule has 0 aromatic carbocycles. The number of nitrogens with zero attached hydrogens (tertiary/aromatic N) is 3. The second-order valence-electron chi connectivity index (χ2n) is 4.84. The van der Waals surface area contributed by atoms with Crippen LogP contribution in [0.15, 0.2) is 0 Å². The predicted octanol–water partition coefficient (Wildman–Crippen LogP) is 1.95. The Kier molecular flexibility index (Phi) is 3.54. The number of piperidine rings is 1. The van der Waals surface area contributed by atoms with Gasteiger partial charge in [-0.15, -0.1) is 10.2 Å². The van der Waals surface area contributed by atoms with Gasteiger partial charge in [0.1, 0.15) is 0 Å². The molecule has 0 bridgehead atoms. The van der Waals surface area contributed by atoms with E-state index in [0.717, 1.165) is 29.9 Å². The quantitative estimate of drug-likeness (QED) is 0.833. The van der Waals surface area contributed by atoms with Crippen LogP contribution in [0.4, 0.5) is 5.82 Å². The maximum Gasteiger partial charge on any atom is 0.155 e. The molecule has 0 amide bonds. The average Bonchev–Trinajstić information content (AvgIpc) is 2.30. The van der Waals surface area contributed by atoms with Gasteiger partial charge in [0.25, 0.3) is 0 Å². The first-order chi connectivity index (χ1) is 8.00. The Balaban J connectivity index is 2.26. The molecule has 0 spiro atoms. The number of hydrogen-bond acceptors (Lipinski definition) is 4. The summed E-state index contributed by atoms with van der Waals surface area (Å²) in [6.45, 7) is 7.55. The van der Waals surface area contributed by atoms with Gasteiger partial charge in [0, 0.05) is 13.1 Å². The van der Waals surface area contributed by atoms with Crippen LogP contribution in [-0.4, -0.2) is 34.5 Å². The summed E-state index contributed by atoms with van der Waals surface area (Å²) in [5.74, 6) is 1.20. The summed E-state index contributed by atoms with van der Waals surface area (Å²) in [5, 5.41) is 18.5. The summed E-state index contributed by atoms with van der Waals surface area (Å²) in [6, 6.07) is 0. The summed E-state index contributed by atoms with van der Waals surface area (Å²) in [5.41, 5.74) is 2.01. The highest BCUT2D eigenvalue weighted by Crippen LogP contribution is 2.27. The Morgan fingerprint density at radius 3 is 2.65 bits per heavy atom. The molecule has 2 unspecified atom stereocenters. The van der Waals surface area contributed by atoms with E-state index in [9.17, 15) is 5.11 Å². The van der Waals surface area contributed by atoms with Crippen molar-refractivity contribution < 1.29 is 5.11 Å². The molecular formula is C12H18ClN3O. The minimum Gasteiger partial charge on any atom is -0.391 e. The lowest BCUT2D eigenvalue weighted by molar-refractivity contribution is 0.102. The van der Waals surface area contributed by atoms with E-state index >= 15 is 0 Å². The molecule has 1 aromatic heterocycles. The highest BCUT2D eigenvalue weighted by atomic mass is 35.5. The number of aliphatic hydroxyl groups is 1. The summed E-state index contributed by atoms with van der Waals surface area (Å²) in [4.78, 5) is 2.09. The highest BCUT2D eigenvalue weighted by molar-refractivity contribution is 6.30. The largest absolute Gasteiger partial charge is 0.391 e. The van der Waals surface area contributed by atoms with E-state index in [1.807, 2.05) is 13.8 Å². The molecule has 1 aromatic rings. The summed E-state index contributed by atoms with van der Waals surface area (Å²) < 4.78 is 0. The van der Waals surface area contributed by atoms with Gasteiger partial charge in [0.2, 0.25) is 0 Å². The molecule has 17 heavy (non-hydrogen) atoms. The lowest BCUT2D eigenvalue weighted by atomic mass is 9.96. The number of β-amino-alcohol motifs (C(OH)–C–C–N with tert-alkyl or cyclic N) is 1. The fourth-order valence-electron chi connectivity index (χ4n) is 2.11. The second kappa shape index (κ2) is 4.78. The number of rotatable bonds is 1. The first-order valence-electron chi connectivity index (χ1n) is 5.93. The lowest BCUT2D eigenvalue weighted by Gasteiger charge is -2.35. The van der Waals surface area contributed by atoms with Crippen molar-refractivity contribution in [2.24, 2.45) is 5.92 Å². The van der Waals surface area contributed by atoms with Crippen molar-refractivity contribution in [2.45, 2.75) is 33.3 Å². The first kappa shape index (κ1) is 12.6. The molecule has 1 fully saturated rings. The molecule has 0 aliphatic carbocycles. The number of halogens is 1. The van der Waals surface area contributed by atoms with Crippen LogP contribution in [0.2, 0.25) is 5.15 Å². The second-order valence-corrected chi connectivity index (χ2v) is 5.20. The van der Waals surface area contributed by atoms with Gasteiger partial charge in [0.15, 0.2) is 11.0 Å². The van der Waals surface area contributed by atoms with E-state index in [4.69, 9.17) is 11.6 Å². The van der Waals surface area contributed by atoms with Crippen LogP contribution in [0, 0.1) is 19.8 Å². The predicted molar refractivity (Wildman–Crippen MR) is 68.5 cm³/mol. The maximum absolute atomic E-state index is 9.91. The normalized spacial score (nSPS) is 25.1. The van der Waals surface area contributed by atoms with Crippen LogP contribution in [0.25, 0.3) is 0 Å². The molecule has 4 nitrogen and oxygen atoms in total. The van der Waals surface area contributed by atoms with E-state index in [1.165, 1.54) is 0 Å². The van der Waals surface area contributed by atoms with Crippen molar-refractivity contribution in [3.05, 3.63) is 16.3 Å².